The van der Waals surface area contributed by atoms with Crippen LogP contribution >= 0.6 is 0 Å². The lowest BCUT2D eigenvalue weighted by molar-refractivity contribution is 0.181. The van der Waals surface area contributed by atoms with Crippen molar-refractivity contribution in [1.29, 1.82) is 0 Å². The Morgan fingerprint density at radius 3 is 2.55 bits per heavy atom. The van der Waals surface area contributed by atoms with E-state index in [4.69, 9.17) is 4.74 Å². The molecule has 0 saturated carbocycles. The number of piperazine rings is 1. The number of benzene rings is 1. The van der Waals surface area contributed by atoms with E-state index in [-0.39, 0.29) is 18.0 Å². The minimum Gasteiger partial charge on any atom is -0.378 e. The topological polar surface area (TPSA) is 67.9 Å². The zero-order valence-electron chi connectivity index (χ0n) is 17.5. The van der Waals surface area contributed by atoms with E-state index in [1.54, 1.807) is 40.8 Å². The lowest BCUT2D eigenvalue weighted by Gasteiger charge is -2.34. The van der Waals surface area contributed by atoms with Crippen molar-refractivity contribution in [2.75, 3.05) is 45.3 Å². The monoisotopic (exact) mass is 422 g/mol. The molecule has 0 aliphatic carbocycles. The number of nitrogens with zero attached hydrogens (tertiary/aromatic N) is 6. The molecule has 3 aromatic heterocycles. The van der Waals surface area contributed by atoms with Crippen LogP contribution in [-0.2, 0) is 11.3 Å². The van der Waals surface area contributed by atoms with Crippen LogP contribution in [0.4, 0.5) is 4.39 Å². The second-order valence-corrected chi connectivity index (χ2v) is 7.78. The third kappa shape index (κ3) is 3.35. The maximum absolute atomic E-state index is 13.5. The molecule has 0 N–H and O–H groups in total. The van der Waals surface area contributed by atoms with Crippen LogP contribution in [0.25, 0.3) is 27.7 Å². The number of methoxy groups -OCH3 is 1. The van der Waals surface area contributed by atoms with Crippen LogP contribution in [0.2, 0.25) is 0 Å². The SMILES string of the molecule is COCc1nn2c(ncc3c(=O)n(N4CCN(C)CC4)ccc32)c1-c1ccc(F)cc1. The van der Waals surface area contributed by atoms with E-state index in [2.05, 4.69) is 27.0 Å². The van der Waals surface area contributed by atoms with Crippen LogP contribution in [0.15, 0.2) is 47.5 Å². The van der Waals surface area contributed by atoms with Gasteiger partial charge < -0.3 is 14.6 Å². The van der Waals surface area contributed by atoms with E-state index >= 15 is 0 Å². The second-order valence-electron chi connectivity index (χ2n) is 7.78. The van der Waals surface area contributed by atoms with Crippen molar-refractivity contribution < 1.29 is 9.13 Å². The Kier molecular flexibility index (Phi) is 4.91. The van der Waals surface area contributed by atoms with Gasteiger partial charge in [0.25, 0.3) is 5.56 Å². The molecular formula is C22H23FN6O2. The first-order valence-electron chi connectivity index (χ1n) is 10.2. The predicted octanol–water partition coefficient (Wildman–Crippen LogP) is 1.88. The van der Waals surface area contributed by atoms with E-state index < -0.39 is 0 Å². The maximum Gasteiger partial charge on any atom is 0.280 e. The minimum atomic E-state index is -0.309. The average molecular weight is 422 g/mol. The molecule has 1 aliphatic heterocycles. The highest BCUT2D eigenvalue weighted by molar-refractivity contribution is 5.86. The summed E-state index contributed by atoms with van der Waals surface area (Å²) in [7, 11) is 3.67. The molecule has 31 heavy (non-hydrogen) atoms. The first kappa shape index (κ1) is 19.7. The molecule has 0 bridgehead atoms. The smallest absolute Gasteiger partial charge is 0.280 e. The van der Waals surface area contributed by atoms with Crippen molar-refractivity contribution in [3.63, 3.8) is 0 Å². The molecule has 4 aromatic rings. The van der Waals surface area contributed by atoms with Gasteiger partial charge in [-0.05, 0) is 30.8 Å². The van der Waals surface area contributed by atoms with E-state index in [1.807, 2.05) is 6.07 Å². The summed E-state index contributed by atoms with van der Waals surface area (Å²) in [6, 6.07) is 8.10. The average Bonchev–Trinajstić information content (AvgIpc) is 3.14. The number of fused-ring (bicyclic) bond motifs is 3. The summed E-state index contributed by atoms with van der Waals surface area (Å²) < 4.78 is 22.1. The molecule has 1 saturated heterocycles. The van der Waals surface area contributed by atoms with Crippen LogP contribution < -0.4 is 10.6 Å². The fourth-order valence-corrected chi connectivity index (χ4v) is 4.09. The number of rotatable bonds is 4. The van der Waals surface area contributed by atoms with Crippen molar-refractivity contribution in [2.45, 2.75) is 6.61 Å². The number of ether oxygens (including phenoxy) is 1. The van der Waals surface area contributed by atoms with Gasteiger partial charge in [-0.2, -0.15) is 5.10 Å². The van der Waals surface area contributed by atoms with Gasteiger partial charge in [0.05, 0.1) is 28.8 Å². The third-order valence-corrected chi connectivity index (χ3v) is 5.76. The van der Waals surface area contributed by atoms with Gasteiger partial charge in [0.1, 0.15) is 5.82 Å². The van der Waals surface area contributed by atoms with Crippen molar-refractivity contribution in [3.8, 4) is 11.1 Å². The highest BCUT2D eigenvalue weighted by Gasteiger charge is 2.20. The first-order chi connectivity index (χ1) is 15.1. The molecule has 160 valence electrons. The second kappa shape index (κ2) is 7.75. The molecule has 0 unspecified atom stereocenters. The Bertz CT molecular complexity index is 1310. The summed E-state index contributed by atoms with van der Waals surface area (Å²) >= 11 is 0. The van der Waals surface area contributed by atoms with Gasteiger partial charge in [-0.1, -0.05) is 12.1 Å². The molecular weight excluding hydrogens is 399 g/mol. The van der Waals surface area contributed by atoms with E-state index in [0.29, 0.717) is 22.2 Å². The molecule has 1 fully saturated rings. The Hall–Kier alpha value is -3.30. The molecule has 8 nitrogen and oxygen atoms in total. The Labute approximate surface area is 178 Å². The van der Waals surface area contributed by atoms with Gasteiger partial charge in [0.15, 0.2) is 5.65 Å². The van der Waals surface area contributed by atoms with Gasteiger partial charge in [0.2, 0.25) is 0 Å². The molecule has 0 atom stereocenters. The van der Waals surface area contributed by atoms with Crippen LogP contribution in [0.1, 0.15) is 5.69 Å². The normalized spacial score (nSPS) is 15.3. The zero-order valence-corrected chi connectivity index (χ0v) is 17.5. The lowest BCUT2D eigenvalue weighted by Crippen LogP contribution is -2.52. The minimum absolute atomic E-state index is 0.122. The Morgan fingerprint density at radius 1 is 1.10 bits per heavy atom. The molecule has 0 radical (unpaired) electrons. The highest BCUT2D eigenvalue weighted by Crippen LogP contribution is 2.29. The Morgan fingerprint density at radius 2 is 1.84 bits per heavy atom. The van der Waals surface area contributed by atoms with Gasteiger partial charge in [-0.25, -0.2) is 18.6 Å². The maximum atomic E-state index is 13.5. The lowest BCUT2D eigenvalue weighted by atomic mass is 10.1. The zero-order chi connectivity index (χ0) is 21.5. The van der Waals surface area contributed by atoms with E-state index in [0.717, 1.165) is 37.3 Å². The first-order valence-corrected chi connectivity index (χ1v) is 10.2. The number of hydrogen-bond acceptors (Lipinski definition) is 6. The summed E-state index contributed by atoms with van der Waals surface area (Å²) in [6.07, 6.45) is 3.40. The fraction of sp³-hybridized carbons (Fsp3) is 0.318. The van der Waals surface area contributed by atoms with Crippen LogP contribution in [-0.4, -0.2) is 64.5 Å². The molecule has 9 heteroatoms. The molecule has 4 heterocycles. The van der Waals surface area contributed by atoms with Crippen molar-refractivity contribution in [2.24, 2.45) is 0 Å². The summed E-state index contributed by atoms with van der Waals surface area (Å²) in [5.41, 5.74) is 3.39. The van der Waals surface area contributed by atoms with Crippen LogP contribution in [0.5, 0.6) is 0 Å². The predicted molar refractivity (Wildman–Crippen MR) is 116 cm³/mol. The quantitative estimate of drug-likeness (QED) is 0.500. The molecule has 1 aromatic carbocycles. The summed E-state index contributed by atoms with van der Waals surface area (Å²) in [4.78, 5) is 20.1. The number of halogens is 1. The fourth-order valence-electron chi connectivity index (χ4n) is 4.09. The van der Waals surface area contributed by atoms with Gasteiger partial charge in [-0.3, -0.25) is 4.79 Å². The van der Waals surface area contributed by atoms with E-state index in [1.165, 1.54) is 12.1 Å². The number of aromatic nitrogens is 4. The summed E-state index contributed by atoms with van der Waals surface area (Å²) in [5, 5.41) is 7.23. The van der Waals surface area contributed by atoms with Gasteiger partial charge >= 0.3 is 0 Å². The third-order valence-electron chi connectivity index (χ3n) is 5.76. The molecule has 5 rings (SSSR count). The summed E-state index contributed by atoms with van der Waals surface area (Å²) in [5.74, 6) is -0.309. The number of likely N-dealkylation sites (N-methyl/N-ethyl adjacent to an activating group) is 1. The number of pyridine rings is 1. The van der Waals surface area contributed by atoms with Gasteiger partial charge in [0, 0.05) is 45.7 Å². The van der Waals surface area contributed by atoms with Crippen molar-refractivity contribution >= 4 is 16.6 Å². The van der Waals surface area contributed by atoms with Gasteiger partial charge in [-0.15, -0.1) is 0 Å². The molecule has 0 spiro atoms. The molecule has 1 aliphatic rings. The van der Waals surface area contributed by atoms with E-state index in [9.17, 15) is 9.18 Å². The van der Waals surface area contributed by atoms with Crippen LogP contribution in [0.3, 0.4) is 0 Å². The highest BCUT2D eigenvalue weighted by atomic mass is 19.1. The standard InChI is InChI=1S/C22H23FN6O2/c1-26-9-11-27(12-10-26)28-8-7-19-17(22(28)30)13-24-21-20(15-3-5-16(23)6-4-15)18(14-31-2)25-29(19)21/h3-8,13H,9-12,14H2,1-2H3. The van der Waals surface area contributed by atoms with Crippen LogP contribution in [0, 0.1) is 5.82 Å². The molecule has 0 amide bonds. The Balaban J connectivity index is 1.68. The van der Waals surface area contributed by atoms with Crippen molar-refractivity contribution in [3.05, 3.63) is 64.6 Å². The number of hydrogen-bond donors (Lipinski definition) is 0. The largest absolute Gasteiger partial charge is 0.378 e. The summed E-state index contributed by atoms with van der Waals surface area (Å²) in [6.45, 7) is 3.65. The van der Waals surface area contributed by atoms with Crippen molar-refractivity contribution in [1.82, 2.24) is 24.2 Å².